The molecule has 0 aliphatic heterocycles. The lowest BCUT2D eigenvalue weighted by Crippen LogP contribution is -2.39. The summed E-state index contributed by atoms with van der Waals surface area (Å²) in [6, 6.07) is 6.53. The van der Waals surface area contributed by atoms with Gasteiger partial charge < -0.3 is 11.1 Å². The minimum atomic E-state index is -0.278. The Morgan fingerprint density at radius 1 is 1.21 bits per heavy atom. The van der Waals surface area contributed by atoms with Gasteiger partial charge in [0.25, 0.3) is 0 Å². The molecule has 1 aliphatic rings. The lowest BCUT2D eigenvalue weighted by molar-refractivity contribution is -0.117. The van der Waals surface area contributed by atoms with Gasteiger partial charge in [0.1, 0.15) is 5.82 Å². The number of hydrogen-bond donors (Lipinski definition) is 2. The first-order chi connectivity index (χ1) is 9.13. The highest BCUT2D eigenvalue weighted by Crippen LogP contribution is 2.16. The SMILES string of the molecule is NC1CCC(NC(=O)C=Cc2ccc(F)cc2)CC1. The number of halogens is 1. The third kappa shape index (κ3) is 4.48. The molecule has 3 N–H and O–H groups in total. The summed E-state index contributed by atoms with van der Waals surface area (Å²) in [5, 5.41) is 2.97. The molecule has 1 amide bonds. The van der Waals surface area contributed by atoms with Crippen LogP contribution in [0, 0.1) is 5.82 Å². The van der Waals surface area contributed by atoms with E-state index < -0.39 is 0 Å². The maximum absolute atomic E-state index is 12.7. The van der Waals surface area contributed by atoms with Crippen molar-refractivity contribution < 1.29 is 9.18 Å². The molecule has 19 heavy (non-hydrogen) atoms. The van der Waals surface area contributed by atoms with Crippen LogP contribution in [-0.4, -0.2) is 18.0 Å². The maximum Gasteiger partial charge on any atom is 0.244 e. The Bertz CT molecular complexity index is 448. The number of amides is 1. The average Bonchev–Trinajstić information content (AvgIpc) is 2.41. The Balaban J connectivity index is 1.82. The fourth-order valence-corrected chi connectivity index (χ4v) is 2.26. The number of carbonyl (C=O) groups is 1. The molecule has 0 saturated heterocycles. The molecule has 1 aromatic carbocycles. The topological polar surface area (TPSA) is 55.1 Å². The highest BCUT2D eigenvalue weighted by Gasteiger charge is 2.18. The minimum absolute atomic E-state index is 0.107. The van der Waals surface area contributed by atoms with Crippen molar-refractivity contribution in [1.29, 1.82) is 0 Å². The summed E-state index contributed by atoms with van der Waals surface area (Å²) in [6.45, 7) is 0. The highest BCUT2D eigenvalue weighted by molar-refractivity contribution is 5.91. The van der Waals surface area contributed by atoms with Crippen molar-refractivity contribution in [2.24, 2.45) is 5.73 Å². The van der Waals surface area contributed by atoms with Gasteiger partial charge in [0.15, 0.2) is 0 Å². The van der Waals surface area contributed by atoms with Gasteiger partial charge in [0, 0.05) is 18.2 Å². The van der Waals surface area contributed by atoms with E-state index in [4.69, 9.17) is 5.73 Å². The molecule has 0 unspecified atom stereocenters. The highest BCUT2D eigenvalue weighted by atomic mass is 19.1. The van der Waals surface area contributed by atoms with Gasteiger partial charge in [-0.3, -0.25) is 4.79 Å². The molecule has 0 aromatic heterocycles. The second-order valence-corrected chi connectivity index (χ2v) is 5.01. The van der Waals surface area contributed by atoms with Gasteiger partial charge in [0.2, 0.25) is 5.91 Å². The number of carbonyl (C=O) groups excluding carboxylic acids is 1. The van der Waals surface area contributed by atoms with Crippen LogP contribution in [0.1, 0.15) is 31.2 Å². The summed E-state index contributed by atoms with van der Waals surface area (Å²) in [6.07, 6.45) is 6.99. The van der Waals surface area contributed by atoms with E-state index >= 15 is 0 Å². The molecule has 4 heteroatoms. The number of nitrogens with two attached hydrogens (primary N) is 1. The third-order valence-electron chi connectivity index (χ3n) is 3.42. The molecular formula is C15H19FN2O. The van der Waals surface area contributed by atoms with Crippen molar-refractivity contribution in [3.05, 3.63) is 41.7 Å². The van der Waals surface area contributed by atoms with E-state index in [0.29, 0.717) is 0 Å². The molecule has 2 rings (SSSR count). The molecule has 1 aromatic rings. The van der Waals surface area contributed by atoms with E-state index in [1.54, 1.807) is 18.2 Å². The van der Waals surface area contributed by atoms with Crippen molar-refractivity contribution in [3.8, 4) is 0 Å². The van der Waals surface area contributed by atoms with E-state index in [1.165, 1.54) is 18.2 Å². The van der Waals surface area contributed by atoms with Crippen LogP contribution >= 0.6 is 0 Å². The first-order valence-corrected chi connectivity index (χ1v) is 6.63. The van der Waals surface area contributed by atoms with Gasteiger partial charge in [0.05, 0.1) is 0 Å². The molecule has 0 radical (unpaired) electrons. The molecular weight excluding hydrogens is 243 g/mol. The molecule has 0 heterocycles. The first kappa shape index (κ1) is 13.7. The summed E-state index contributed by atoms with van der Waals surface area (Å²) in [5.74, 6) is -0.384. The zero-order valence-electron chi connectivity index (χ0n) is 10.8. The van der Waals surface area contributed by atoms with Gasteiger partial charge in [-0.15, -0.1) is 0 Å². The van der Waals surface area contributed by atoms with Crippen LogP contribution in [0.5, 0.6) is 0 Å². The zero-order chi connectivity index (χ0) is 13.7. The monoisotopic (exact) mass is 262 g/mol. The Morgan fingerprint density at radius 2 is 1.84 bits per heavy atom. The third-order valence-corrected chi connectivity index (χ3v) is 3.42. The molecule has 0 bridgehead atoms. The molecule has 1 saturated carbocycles. The lowest BCUT2D eigenvalue weighted by Gasteiger charge is -2.26. The van der Waals surface area contributed by atoms with Gasteiger partial charge in [-0.05, 0) is 49.5 Å². The Labute approximate surface area is 112 Å². The number of nitrogens with one attached hydrogen (secondary N) is 1. The van der Waals surface area contributed by atoms with Crippen molar-refractivity contribution in [2.45, 2.75) is 37.8 Å². The predicted octanol–water partition coefficient (Wildman–Crippen LogP) is 2.22. The molecule has 102 valence electrons. The molecule has 0 spiro atoms. The van der Waals surface area contributed by atoms with E-state index in [1.807, 2.05) is 0 Å². The second kappa shape index (κ2) is 6.48. The summed E-state index contributed by atoms with van der Waals surface area (Å²) in [5.41, 5.74) is 6.62. The van der Waals surface area contributed by atoms with Crippen LogP contribution in [-0.2, 0) is 4.79 Å². The number of hydrogen-bond acceptors (Lipinski definition) is 2. The lowest BCUT2D eigenvalue weighted by atomic mass is 9.92. The van der Waals surface area contributed by atoms with E-state index in [9.17, 15) is 9.18 Å². The number of benzene rings is 1. The normalized spacial score (nSPS) is 23.5. The smallest absolute Gasteiger partial charge is 0.244 e. The van der Waals surface area contributed by atoms with Crippen LogP contribution in [0.15, 0.2) is 30.3 Å². The molecule has 3 nitrogen and oxygen atoms in total. The van der Waals surface area contributed by atoms with Gasteiger partial charge in [-0.25, -0.2) is 4.39 Å². The van der Waals surface area contributed by atoms with Crippen molar-refractivity contribution >= 4 is 12.0 Å². The summed E-state index contributed by atoms with van der Waals surface area (Å²) in [7, 11) is 0. The van der Waals surface area contributed by atoms with Crippen LogP contribution < -0.4 is 11.1 Å². The Kier molecular flexibility index (Phi) is 4.68. The first-order valence-electron chi connectivity index (χ1n) is 6.63. The van der Waals surface area contributed by atoms with Gasteiger partial charge in [-0.1, -0.05) is 12.1 Å². The van der Waals surface area contributed by atoms with Crippen molar-refractivity contribution in [3.63, 3.8) is 0 Å². The summed E-state index contributed by atoms with van der Waals surface area (Å²) in [4.78, 5) is 11.7. The van der Waals surface area contributed by atoms with Crippen molar-refractivity contribution in [2.75, 3.05) is 0 Å². The molecule has 0 atom stereocenters. The minimum Gasteiger partial charge on any atom is -0.350 e. The standard InChI is InChI=1S/C15H19FN2O/c16-12-4-1-11(2-5-12)3-10-15(19)18-14-8-6-13(17)7-9-14/h1-5,10,13-14H,6-9,17H2,(H,18,19). The Morgan fingerprint density at radius 3 is 2.47 bits per heavy atom. The van der Waals surface area contributed by atoms with Gasteiger partial charge in [-0.2, -0.15) is 0 Å². The zero-order valence-corrected chi connectivity index (χ0v) is 10.8. The second-order valence-electron chi connectivity index (χ2n) is 5.01. The quantitative estimate of drug-likeness (QED) is 0.821. The van der Waals surface area contributed by atoms with E-state index in [-0.39, 0.29) is 23.8 Å². The fraction of sp³-hybridized carbons (Fsp3) is 0.400. The fourth-order valence-electron chi connectivity index (χ4n) is 2.26. The van der Waals surface area contributed by atoms with Crippen molar-refractivity contribution in [1.82, 2.24) is 5.32 Å². The van der Waals surface area contributed by atoms with Crippen LogP contribution in [0.2, 0.25) is 0 Å². The van der Waals surface area contributed by atoms with E-state index in [2.05, 4.69) is 5.32 Å². The van der Waals surface area contributed by atoms with Gasteiger partial charge >= 0.3 is 0 Å². The number of rotatable bonds is 3. The van der Waals surface area contributed by atoms with Crippen LogP contribution in [0.3, 0.4) is 0 Å². The van der Waals surface area contributed by atoms with Crippen LogP contribution in [0.4, 0.5) is 4.39 Å². The summed E-state index contributed by atoms with van der Waals surface area (Å²) < 4.78 is 12.7. The predicted molar refractivity (Wildman–Crippen MR) is 73.8 cm³/mol. The summed E-state index contributed by atoms with van der Waals surface area (Å²) >= 11 is 0. The average molecular weight is 262 g/mol. The van der Waals surface area contributed by atoms with Crippen LogP contribution in [0.25, 0.3) is 6.08 Å². The largest absolute Gasteiger partial charge is 0.350 e. The molecule has 1 fully saturated rings. The van der Waals surface area contributed by atoms with E-state index in [0.717, 1.165) is 31.2 Å². The Hall–Kier alpha value is -1.68. The maximum atomic E-state index is 12.7. The molecule has 1 aliphatic carbocycles.